The van der Waals surface area contributed by atoms with Crippen LogP contribution in [0.3, 0.4) is 0 Å². The molecule has 3 atom stereocenters. The van der Waals surface area contributed by atoms with Gasteiger partial charge < -0.3 is 34.6 Å². The zero-order valence-electron chi connectivity index (χ0n) is 36.7. The van der Waals surface area contributed by atoms with E-state index in [2.05, 4.69) is 30.8 Å². The molecule has 0 bridgehead atoms. The van der Waals surface area contributed by atoms with Gasteiger partial charge in [-0.2, -0.15) is 0 Å². The van der Waals surface area contributed by atoms with Gasteiger partial charge >= 0.3 is 0 Å². The van der Waals surface area contributed by atoms with Crippen molar-refractivity contribution in [3.05, 3.63) is 107 Å². The number of halogens is 2. The number of imidazole rings is 1. The molecule has 19 heteroatoms. The van der Waals surface area contributed by atoms with Gasteiger partial charge in [-0.3, -0.25) is 34.6 Å². The second kappa shape index (κ2) is 18.2. The van der Waals surface area contributed by atoms with E-state index in [9.17, 15) is 29.1 Å². The predicted molar refractivity (Wildman–Crippen MR) is 246 cm³/mol. The average Bonchev–Trinajstić information content (AvgIpc) is 4.13. The largest absolute Gasteiger partial charge is 0.389 e. The fraction of sp³-hybridized carbons (Fsp3) is 0.396. The maximum Gasteiger partial charge on any atom is 0.255 e. The smallest absolute Gasteiger partial charge is 0.255 e. The molecule has 10 rings (SSSR count). The molecular formula is C48H50F2N10O6S. The van der Waals surface area contributed by atoms with Gasteiger partial charge in [-0.25, -0.2) is 18.7 Å². The third kappa shape index (κ3) is 8.96. The number of aryl methyl sites for hydroxylation is 1. The molecule has 0 radical (unpaired) electrons. The number of thiazole rings is 1. The zero-order valence-corrected chi connectivity index (χ0v) is 37.5. The van der Waals surface area contributed by atoms with Crippen LogP contribution < -0.4 is 25.8 Å². The van der Waals surface area contributed by atoms with E-state index in [-0.39, 0.29) is 42.3 Å². The highest BCUT2D eigenvalue weighted by molar-refractivity contribution is 7.13. The first kappa shape index (κ1) is 44.1. The van der Waals surface area contributed by atoms with Crippen molar-refractivity contribution in [2.24, 2.45) is 0 Å². The van der Waals surface area contributed by atoms with Crippen molar-refractivity contribution in [3.8, 4) is 11.1 Å². The number of amides is 5. The number of aliphatic hydroxyl groups is 1. The molecule has 4 N–H and O–H groups in total. The summed E-state index contributed by atoms with van der Waals surface area (Å²) in [5, 5.41) is 21.9. The third-order valence-electron chi connectivity index (χ3n) is 13.8. The van der Waals surface area contributed by atoms with Crippen molar-refractivity contribution >= 4 is 63.1 Å². The number of hydrogen-bond acceptors (Lipinski definition) is 12. The quantitative estimate of drug-likeness (QED) is 0.127. The van der Waals surface area contributed by atoms with Crippen LogP contribution >= 0.6 is 11.3 Å². The first-order valence-electron chi connectivity index (χ1n) is 22.8. The van der Waals surface area contributed by atoms with Crippen LogP contribution in [0.15, 0.2) is 72.5 Å². The van der Waals surface area contributed by atoms with Crippen LogP contribution in [0.1, 0.15) is 78.3 Å². The first-order chi connectivity index (χ1) is 32.4. The van der Waals surface area contributed by atoms with Gasteiger partial charge in [0.2, 0.25) is 17.7 Å². The molecule has 2 aromatic heterocycles. The molecule has 348 valence electrons. The molecule has 7 heterocycles. The fourth-order valence-corrected chi connectivity index (χ4v) is 10.7. The van der Waals surface area contributed by atoms with Crippen LogP contribution in [0.25, 0.3) is 11.1 Å². The lowest BCUT2D eigenvalue weighted by atomic mass is 9.90. The minimum atomic E-state index is -1.24. The number of piperidine rings is 1. The molecule has 0 spiro atoms. The lowest BCUT2D eigenvalue weighted by Gasteiger charge is -2.38. The Labute approximate surface area is 389 Å². The van der Waals surface area contributed by atoms with Gasteiger partial charge in [0.15, 0.2) is 11.2 Å². The molecule has 3 unspecified atom stereocenters. The van der Waals surface area contributed by atoms with E-state index in [1.807, 2.05) is 33.7 Å². The predicted octanol–water partition coefficient (Wildman–Crippen LogP) is 5.24. The Bertz CT molecular complexity index is 2740. The topological polar surface area (TPSA) is 185 Å². The number of imide groups is 1. The van der Waals surface area contributed by atoms with E-state index in [0.29, 0.717) is 98.3 Å². The summed E-state index contributed by atoms with van der Waals surface area (Å²) < 4.78 is 33.4. The molecule has 5 aliphatic rings. The summed E-state index contributed by atoms with van der Waals surface area (Å²) in [4.78, 5) is 81.3. The Balaban J connectivity index is 0.741. The molecule has 3 saturated heterocycles. The van der Waals surface area contributed by atoms with Crippen molar-refractivity contribution in [2.75, 3.05) is 59.7 Å². The molecule has 5 aromatic rings. The van der Waals surface area contributed by atoms with Gasteiger partial charge in [-0.05, 0) is 92.1 Å². The number of benzene rings is 3. The summed E-state index contributed by atoms with van der Waals surface area (Å²) in [5.41, 5.74) is 3.56. The van der Waals surface area contributed by atoms with Gasteiger partial charge in [-0.15, -0.1) is 11.3 Å². The van der Waals surface area contributed by atoms with Crippen LogP contribution in [0.5, 0.6) is 0 Å². The number of aromatic nitrogens is 3. The molecule has 5 amide bonds. The maximum atomic E-state index is 16.0. The Kier molecular flexibility index (Phi) is 12.0. The highest BCUT2D eigenvalue weighted by atomic mass is 32.1. The standard InChI is InChI=1S/C48H50F2N10O6S/c49-35-24-30(23-33-34(35)27-60(46(33)65)43(45(64)55-47-51-14-22-67-47)42-39-3-1-15-59(39)28-52-42)29-4-7-32(8-5-29)56-18-20-58(21-19-56)41(62)26-48(66)12-2-16-57(17-13-48)38-10-6-31(25-36(38)50)53-37-9-11-40(61)54-44(37)63/h4-8,10,14,22-25,28,37,43,53,66H,1-3,9,11-13,15-21,26-27H2,(H,51,55,64)(H,54,61,63). The van der Waals surface area contributed by atoms with Gasteiger partial charge in [0.25, 0.3) is 11.8 Å². The summed E-state index contributed by atoms with van der Waals surface area (Å²) in [6, 6.07) is 13.7. The second-order valence-electron chi connectivity index (χ2n) is 18.0. The number of piperazine rings is 1. The van der Waals surface area contributed by atoms with E-state index >= 15 is 8.78 Å². The van der Waals surface area contributed by atoms with Crippen molar-refractivity contribution in [3.63, 3.8) is 0 Å². The summed E-state index contributed by atoms with van der Waals surface area (Å²) in [5.74, 6) is -2.81. The number of nitrogens with one attached hydrogen (secondary N) is 3. The van der Waals surface area contributed by atoms with Gasteiger partial charge in [0.1, 0.15) is 17.7 Å². The fourth-order valence-electron chi connectivity index (χ4n) is 10.1. The molecule has 5 aliphatic heterocycles. The Morgan fingerprint density at radius 3 is 2.46 bits per heavy atom. The van der Waals surface area contributed by atoms with Crippen molar-refractivity contribution in [1.82, 2.24) is 29.7 Å². The Morgan fingerprint density at radius 1 is 0.881 bits per heavy atom. The van der Waals surface area contributed by atoms with Crippen LogP contribution in [0.2, 0.25) is 0 Å². The number of hydrogen-bond donors (Lipinski definition) is 4. The zero-order chi connectivity index (χ0) is 46.4. The summed E-state index contributed by atoms with van der Waals surface area (Å²) in [7, 11) is 0. The number of carbonyl (C=O) groups is 5. The molecule has 3 fully saturated rings. The van der Waals surface area contributed by atoms with E-state index in [1.54, 1.807) is 41.0 Å². The van der Waals surface area contributed by atoms with E-state index in [0.717, 1.165) is 30.8 Å². The number of fused-ring (bicyclic) bond motifs is 2. The normalized spacial score (nSPS) is 21.2. The maximum absolute atomic E-state index is 16.0. The molecule has 0 saturated carbocycles. The van der Waals surface area contributed by atoms with Crippen molar-refractivity contribution < 1.29 is 37.9 Å². The molecular weight excluding hydrogens is 883 g/mol. The Morgan fingerprint density at radius 2 is 1.70 bits per heavy atom. The SMILES string of the molecule is O=C1CCC(Nc2ccc(N3CCCC(O)(CC(=O)N4CCN(c5ccc(-c6cc(F)c7c(c6)C(=O)N(C(C(=O)Nc6nccs6)c6ncn8c6CCC8)C7)cc5)CC4)CC3)c(F)c2)C(=O)N1. The van der Waals surface area contributed by atoms with Gasteiger partial charge in [0, 0.05) is 92.0 Å². The second-order valence-corrected chi connectivity index (χ2v) is 18.9. The molecule has 67 heavy (non-hydrogen) atoms. The first-order valence-corrected chi connectivity index (χ1v) is 23.7. The molecule has 3 aromatic carbocycles. The number of rotatable bonds is 11. The third-order valence-corrected chi connectivity index (χ3v) is 14.4. The molecule has 16 nitrogen and oxygen atoms in total. The van der Waals surface area contributed by atoms with E-state index < -0.39 is 47.0 Å². The highest BCUT2D eigenvalue weighted by Gasteiger charge is 2.42. The summed E-state index contributed by atoms with van der Waals surface area (Å²) in [6.45, 7) is 3.63. The van der Waals surface area contributed by atoms with Gasteiger partial charge in [-0.1, -0.05) is 12.1 Å². The van der Waals surface area contributed by atoms with E-state index in [4.69, 9.17) is 0 Å². The van der Waals surface area contributed by atoms with Crippen LogP contribution in [-0.4, -0.2) is 110 Å². The lowest BCUT2D eigenvalue weighted by Crippen LogP contribution is -2.50. The van der Waals surface area contributed by atoms with Crippen molar-refractivity contribution in [2.45, 2.75) is 82.1 Å². The summed E-state index contributed by atoms with van der Waals surface area (Å²) in [6.07, 6.45) is 6.66. The number of anilines is 4. The monoisotopic (exact) mass is 932 g/mol. The summed E-state index contributed by atoms with van der Waals surface area (Å²) >= 11 is 1.26. The Hall–Kier alpha value is -6.73. The van der Waals surface area contributed by atoms with Crippen LogP contribution in [0, 0.1) is 11.6 Å². The number of nitrogens with zero attached hydrogens (tertiary/aromatic N) is 7. The minimum absolute atomic E-state index is 0.0314. The average molecular weight is 933 g/mol. The minimum Gasteiger partial charge on any atom is -0.389 e. The van der Waals surface area contributed by atoms with Crippen LogP contribution in [-0.2, 0) is 38.7 Å². The molecule has 0 aliphatic carbocycles. The number of carbonyl (C=O) groups excluding carboxylic acids is 5. The highest BCUT2D eigenvalue weighted by Crippen LogP contribution is 2.39. The lowest BCUT2D eigenvalue weighted by molar-refractivity contribution is -0.137. The van der Waals surface area contributed by atoms with Gasteiger partial charge in [0.05, 0.1) is 36.3 Å². The van der Waals surface area contributed by atoms with E-state index in [1.165, 1.54) is 28.4 Å². The van der Waals surface area contributed by atoms with Crippen molar-refractivity contribution in [1.29, 1.82) is 0 Å². The van der Waals surface area contributed by atoms with Crippen LogP contribution in [0.4, 0.5) is 31.0 Å².